The molecule has 0 bridgehead atoms. The minimum atomic E-state index is -0.306. The minimum absolute atomic E-state index is 0.167. The summed E-state index contributed by atoms with van der Waals surface area (Å²) in [6, 6.07) is 9.66. The Morgan fingerprint density at radius 2 is 1.70 bits per heavy atom. The maximum absolute atomic E-state index is 12.8. The molecule has 0 N–H and O–H groups in total. The number of carbonyl (C=O) groups is 1. The summed E-state index contributed by atoms with van der Waals surface area (Å²) in [5.74, 6) is -0.167. The minimum Gasteiger partial charge on any atom is -0.462 e. The molecule has 0 spiro atoms. The van der Waals surface area contributed by atoms with E-state index in [1.54, 1.807) is 0 Å². The Kier molecular flexibility index (Phi) is 8.55. The van der Waals surface area contributed by atoms with Crippen molar-refractivity contribution in [1.82, 2.24) is 9.80 Å². The molecule has 6 nitrogen and oxygen atoms in total. The van der Waals surface area contributed by atoms with E-state index in [0.29, 0.717) is 19.8 Å². The Labute approximate surface area is 162 Å². The zero-order valence-corrected chi connectivity index (χ0v) is 16.2. The van der Waals surface area contributed by atoms with Crippen molar-refractivity contribution in [3.05, 3.63) is 35.9 Å². The van der Waals surface area contributed by atoms with E-state index in [9.17, 15) is 4.79 Å². The van der Waals surface area contributed by atoms with Crippen LogP contribution in [0.3, 0.4) is 0 Å². The van der Waals surface area contributed by atoms with Crippen LogP contribution in [0.5, 0.6) is 0 Å². The summed E-state index contributed by atoms with van der Waals surface area (Å²) in [5, 5.41) is 0. The molecule has 2 aliphatic heterocycles. The fourth-order valence-electron chi connectivity index (χ4n) is 3.71. The highest BCUT2D eigenvalue weighted by Gasteiger charge is 2.29. The quantitative estimate of drug-likeness (QED) is 0.486. The van der Waals surface area contributed by atoms with Crippen molar-refractivity contribution in [2.75, 3.05) is 65.8 Å². The Morgan fingerprint density at radius 1 is 0.963 bits per heavy atom. The fraction of sp³-hybridized carbons (Fsp3) is 0.667. The molecule has 27 heavy (non-hydrogen) atoms. The van der Waals surface area contributed by atoms with Crippen molar-refractivity contribution in [1.29, 1.82) is 0 Å². The molecule has 3 rings (SSSR count). The molecule has 0 radical (unpaired) electrons. The Hall–Kier alpha value is -1.47. The predicted molar refractivity (Wildman–Crippen MR) is 104 cm³/mol. The van der Waals surface area contributed by atoms with Crippen molar-refractivity contribution in [3.63, 3.8) is 0 Å². The molecule has 0 amide bonds. The van der Waals surface area contributed by atoms with E-state index in [0.717, 1.165) is 64.3 Å². The van der Waals surface area contributed by atoms with Gasteiger partial charge in [0.05, 0.1) is 26.4 Å². The highest BCUT2D eigenvalue weighted by atomic mass is 16.6. The van der Waals surface area contributed by atoms with E-state index in [4.69, 9.17) is 14.2 Å². The molecule has 2 saturated heterocycles. The van der Waals surface area contributed by atoms with Crippen molar-refractivity contribution in [3.8, 4) is 0 Å². The van der Waals surface area contributed by atoms with E-state index in [1.165, 1.54) is 6.42 Å². The second-order valence-corrected chi connectivity index (χ2v) is 7.14. The van der Waals surface area contributed by atoms with Crippen LogP contribution < -0.4 is 0 Å². The third kappa shape index (κ3) is 6.57. The highest BCUT2D eigenvalue weighted by Crippen LogP contribution is 2.25. The normalized spacial score (nSPS) is 20.3. The summed E-state index contributed by atoms with van der Waals surface area (Å²) in [4.78, 5) is 17.4. The number of benzene rings is 1. The molecule has 1 atom stereocenters. The van der Waals surface area contributed by atoms with Gasteiger partial charge in [0.15, 0.2) is 0 Å². The van der Waals surface area contributed by atoms with Gasteiger partial charge in [-0.1, -0.05) is 36.8 Å². The average Bonchev–Trinajstić information content (AvgIpc) is 2.73. The molecule has 1 unspecified atom stereocenters. The number of esters is 1. The number of hydrogen-bond acceptors (Lipinski definition) is 6. The average molecular weight is 376 g/mol. The van der Waals surface area contributed by atoms with Crippen LogP contribution in [-0.4, -0.2) is 81.5 Å². The fourth-order valence-corrected chi connectivity index (χ4v) is 3.71. The second kappa shape index (κ2) is 11.4. The van der Waals surface area contributed by atoms with Gasteiger partial charge in [-0.15, -0.1) is 0 Å². The summed E-state index contributed by atoms with van der Waals surface area (Å²) in [7, 11) is 0. The maximum Gasteiger partial charge on any atom is 0.328 e. The lowest BCUT2D eigenvalue weighted by Gasteiger charge is -2.33. The van der Waals surface area contributed by atoms with Crippen molar-refractivity contribution in [2.45, 2.75) is 25.3 Å². The van der Waals surface area contributed by atoms with Crippen LogP contribution >= 0.6 is 0 Å². The third-order valence-corrected chi connectivity index (χ3v) is 5.22. The van der Waals surface area contributed by atoms with Gasteiger partial charge in [0.2, 0.25) is 0 Å². The number of morpholine rings is 1. The summed E-state index contributed by atoms with van der Waals surface area (Å²) < 4.78 is 16.5. The van der Waals surface area contributed by atoms with Gasteiger partial charge in [0, 0.05) is 19.6 Å². The van der Waals surface area contributed by atoms with E-state index < -0.39 is 0 Å². The first-order chi connectivity index (χ1) is 13.3. The topological polar surface area (TPSA) is 51.2 Å². The third-order valence-electron chi connectivity index (χ3n) is 5.22. The number of rotatable bonds is 9. The van der Waals surface area contributed by atoms with Gasteiger partial charge in [-0.2, -0.15) is 0 Å². The first-order valence-electron chi connectivity index (χ1n) is 10.2. The first-order valence-corrected chi connectivity index (χ1v) is 10.2. The number of hydrogen-bond donors (Lipinski definition) is 0. The lowest BCUT2D eigenvalue weighted by Crippen LogP contribution is -2.39. The summed E-state index contributed by atoms with van der Waals surface area (Å²) in [6.45, 7) is 7.74. The van der Waals surface area contributed by atoms with Crippen molar-refractivity contribution < 1.29 is 19.0 Å². The predicted octanol–water partition coefficient (Wildman–Crippen LogP) is 2.11. The van der Waals surface area contributed by atoms with Gasteiger partial charge >= 0.3 is 5.97 Å². The lowest BCUT2D eigenvalue weighted by atomic mass is 10.0. The SMILES string of the molecule is O=C(OCCOCCN1CCOCC1)C(c1ccccc1)N1CCCCC1. The Balaban J connectivity index is 1.41. The van der Waals surface area contributed by atoms with Crippen molar-refractivity contribution in [2.24, 2.45) is 0 Å². The smallest absolute Gasteiger partial charge is 0.328 e. The lowest BCUT2D eigenvalue weighted by molar-refractivity contribution is -0.152. The number of likely N-dealkylation sites (tertiary alicyclic amines) is 1. The van der Waals surface area contributed by atoms with Crippen LogP contribution in [0.2, 0.25) is 0 Å². The molecule has 0 aromatic heterocycles. The van der Waals surface area contributed by atoms with Crippen LogP contribution in [0, 0.1) is 0 Å². The van der Waals surface area contributed by atoms with E-state index in [2.05, 4.69) is 9.80 Å². The molecular weight excluding hydrogens is 344 g/mol. The summed E-state index contributed by atoms with van der Waals surface area (Å²) >= 11 is 0. The molecular formula is C21H32N2O4. The standard InChI is InChI=1S/C21H32N2O4/c24-21(27-18-17-26-16-13-22-11-14-25-15-12-22)20(19-7-3-1-4-8-19)23-9-5-2-6-10-23/h1,3-4,7-8,20H,2,5-6,9-18H2. The maximum atomic E-state index is 12.8. The molecule has 2 fully saturated rings. The Morgan fingerprint density at radius 3 is 2.44 bits per heavy atom. The van der Waals surface area contributed by atoms with E-state index in [-0.39, 0.29) is 12.0 Å². The van der Waals surface area contributed by atoms with E-state index in [1.807, 2.05) is 30.3 Å². The van der Waals surface area contributed by atoms with Crippen LogP contribution in [0.4, 0.5) is 0 Å². The zero-order chi connectivity index (χ0) is 18.7. The summed E-state index contributed by atoms with van der Waals surface area (Å²) in [5.41, 5.74) is 1.01. The van der Waals surface area contributed by atoms with E-state index >= 15 is 0 Å². The molecule has 2 aliphatic rings. The van der Waals surface area contributed by atoms with Gasteiger partial charge in [-0.3, -0.25) is 9.80 Å². The van der Waals surface area contributed by atoms with Crippen LogP contribution in [0.15, 0.2) is 30.3 Å². The van der Waals surface area contributed by atoms with Crippen LogP contribution in [0.1, 0.15) is 30.9 Å². The number of nitrogens with zero attached hydrogens (tertiary/aromatic N) is 2. The molecule has 0 aliphatic carbocycles. The molecule has 6 heteroatoms. The number of ether oxygens (including phenoxy) is 3. The zero-order valence-electron chi connectivity index (χ0n) is 16.2. The monoisotopic (exact) mass is 376 g/mol. The number of piperidine rings is 1. The molecule has 150 valence electrons. The molecule has 0 saturated carbocycles. The first kappa shape index (κ1) is 20.3. The Bertz CT molecular complexity index is 542. The van der Waals surface area contributed by atoms with Crippen molar-refractivity contribution >= 4 is 5.97 Å². The van der Waals surface area contributed by atoms with Gasteiger partial charge < -0.3 is 14.2 Å². The van der Waals surface area contributed by atoms with Crippen LogP contribution in [-0.2, 0) is 19.0 Å². The van der Waals surface area contributed by atoms with Gasteiger partial charge in [-0.25, -0.2) is 4.79 Å². The van der Waals surface area contributed by atoms with Crippen LogP contribution in [0.25, 0.3) is 0 Å². The molecule has 1 aromatic rings. The molecule has 1 aromatic carbocycles. The van der Waals surface area contributed by atoms with Gasteiger partial charge in [-0.05, 0) is 31.5 Å². The molecule has 2 heterocycles. The highest BCUT2D eigenvalue weighted by molar-refractivity contribution is 5.77. The number of carbonyl (C=O) groups excluding carboxylic acids is 1. The van der Waals surface area contributed by atoms with Gasteiger partial charge in [0.1, 0.15) is 12.6 Å². The largest absolute Gasteiger partial charge is 0.462 e. The summed E-state index contributed by atoms with van der Waals surface area (Å²) in [6.07, 6.45) is 3.52. The second-order valence-electron chi connectivity index (χ2n) is 7.14. The van der Waals surface area contributed by atoms with Gasteiger partial charge in [0.25, 0.3) is 0 Å².